The number of rotatable bonds is 8. The van der Waals surface area contributed by atoms with Crippen LogP contribution in [0.5, 0.6) is 0 Å². The largest absolute Gasteiger partial charge is 2.00 e. The predicted molar refractivity (Wildman–Crippen MR) is 367 cm³/mol. The molecule has 8 aliphatic rings. The van der Waals surface area contributed by atoms with Crippen LogP contribution in [0.4, 0.5) is 0 Å². The summed E-state index contributed by atoms with van der Waals surface area (Å²) in [7, 11) is 0. The fraction of sp³-hybridized carbons (Fsp3) is 0.933. The van der Waals surface area contributed by atoms with Crippen molar-refractivity contribution in [1.82, 2.24) is 0 Å². The predicted octanol–water partition coefficient (Wildman–Crippen LogP) is 2.22. The van der Waals surface area contributed by atoms with E-state index in [1.54, 1.807) is 24.4 Å². The van der Waals surface area contributed by atoms with Crippen molar-refractivity contribution in [3.8, 4) is 0 Å². The summed E-state index contributed by atoms with van der Waals surface area (Å²) in [4.78, 5) is 3.00. The quantitative estimate of drug-likeness (QED) is 0.0544. The van der Waals surface area contributed by atoms with E-state index in [0.29, 0.717) is 0 Å². The van der Waals surface area contributed by atoms with Crippen LogP contribution in [0.3, 0.4) is 0 Å². The molecule has 7 saturated heterocycles. The molecule has 0 spiro atoms. The van der Waals surface area contributed by atoms with E-state index in [2.05, 4.69) is 42.5 Å². The van der Waals surface area contributed by atoms with Crippen LogP contribution in [0.1, 0.15) is 190 Å². The molecule has 8 unspecified atom stereocenters. The van der Waals surface area contributed by atoms with Crippen molar-refractivity contribution < 1.29 is 271 Å². The summed E-state index contributed by atoms with van der Waals surface area (Å²) in [6, 6.07) is -2.92. The first-order valence-corrected chi connectivity index (χ1v) is 32.9. The third kappa shape index (κ3) is 92.5. The van der Waals surface area contributed by atoms with Gasteiger partial charge in [-0.3, -0.25) is 9.82 Å². The van der Waals surface area contributed by atoms with E-state index < -0.39 is 85.6 Å². The van der Waals surface area contributed by atoms with Crippen LogP contribution in [0.25, 0.3) is 74.5 Å². The first kappa shape index (κ1) is 143. The molecule has 0 bridgehead atoms. The van der Waals surface area contributed by atoms with E-state index in [0.717, 1.165) is 181 Å². The molecule has 8 rings (SSSR count). The van der Waals surface area contributed by atoms with Crippen molar-refractivity contribution in [3.05, 3.63) is 98.9 Å². The number of aliphatic hydroxyl groups excluding tert-OH is 8. The van der Waals surface area contributed by atoms with Gasteiger partial charge in [0.1, 0.15) is 73.5 Å². The van der Waals surface area contributed by atoms with Gasteiger partial charge in [-0.05, 0) is 61.4 Å². The van der Waals surface area contributed by atoms with Gasteiger partial charge in [-0.25, -0.2) is 0 Å². The number of allylic oxidation sites excluding steroid dienone is 2. The Kier molecular flexibility index (Phi) is 122. The van der Waals surface area contributed by atoms with Gasteiger partial charge in [0.25, 0.3) is 0 Å². The molecule has 107 heavy (non-hydrogen) atoms. The van der Waals surface area contributed by atoms with Crippen LogP contribution in [-0.4, -0.2) is 290 Å². The van der Waals surface area contributed by atoms with Crippen molar-refractivity contribution in [2.24, 2.45) is 0 Å². The third-order valence-corrected chi connectivity index (χ3v) is 13.3. The van der Waals surface area contributed by atoms with Crippen LogP contribution in [0.15, 0.2) is 24.4 Å². The average molecular weight is 1950 g/mol. The third-order valence-electron chi connectivity index (χ3n) is 13.3. The van der Waals surface area contributed by atoms with Crippen molar-refractivity contribution in [2.45, 2.75) is 312 Å². The van der Waals surface area contributed by atoms with E-state index in [1.807, 2.05) is 0 Å². The topological polar surface area (TPSA) is 716 Å². The van der Waals surface area contributed by atoms with Crippen molar-refractivity contribution >= 4 is 0 Å². The molecule has 8 atom stereocenters. The zero-order valence-electron chi connectivity index (χ0n) is 61.2. The van der Waals surface area contributed by atoms with Gasteiger partial charge < -0.3 is 187 Å². The molecule has 0 aliphatic carbocycles. The van der Waals surface area contributed by atoms with Gasteiger partial charge in [0.15, 0.2) is 0 Å². The maximum atomic E-state index is 10.1. The Bertz CT molecular complexity index is 1630. The molecular weight excluding hydrogens is 1830 g/mol. The second-order valence-corrected chi connectivity index (χ2v) is 23.1. The molecule has 7 fully saturated rings. The first-order chi connectivity index (χ1) is 45.5. The Hall–Kier alpha value is 1.10. The Morgan fingerprint density at radius 2 is 0.402 bits per heavy atom. The Balaban J connectivity index is -0.0000000684. The minimum absolute atomic E-state index is 0. The van der Waals surface area contributed by atoms with E-state index in [9.17, 15) is 40.9 Å². The van der Waals surface area contributed by atoms with Crippen molar-refractivity contribution in [1.29, 1.82) is 0 Å². The number of aliphatic hydroxyl groups is 24. The van der Waals surface area contributed by atoms with Crippen LogP contribution < -0.4 is 0 Å². The molecule has 47 heteroatoms. The van der Waals surface area contributed by atoms with Crippen LogP contribution in [0.2, 0.25) is 0 Å². The smallest absolute Gasteiger partial charge is 0.681 e. The van der Waals surface area contributed by atoms with Crippen LogP contribution in [0, 0.1) is 0 Å². The molecule has 8 aliphatic heterocycles. The monoisotopic (exact) mass is 1950 g/mol. The molecular formula is C60H124N14Ni9O24-6. The molecule has 0 aromatic carbocycles. The molecule has 8 heterocycles. The van der Waals surface area contributed by atoms with Gasteiger partial charge in [-0.2, -0.15) is 6.20 Å². The fourth-order valence-electron chi connectivity index (χ4n) is 9.47. The van der Waals surface area contributed by atoms with Crippen LogP contribution >= 0.6 is 0 Å². The molecule has 0 amide bonds. The maximum Gasteiger partial charge on any atom is 2.00 e. The van der Waals surface area contributed by atoms with Gasteiger partial charge in [0, 0.05) is 115 Å². The second-order valence-electron chi connectivity index (χ2n) is 23.1. The van der Waals surface area contributed by atoms with Gasteiger partial charge in [-0.15, -0.1) is 45.8 Å². The van der Waals surface area contributed by atoms with E-state index in [1.165, 1.54) is 65.2 Å². The maximum absolute atomic E-state index is 10.1. The minimum atomic E-state index is -1.83. The van der Waals surface area contributed by atoms with Crippen molar-refractivity contribution in [2.75, 3.05) is 45.8 Å². The summed E-state index contributed by atoms with van der Waals surface area (Å²) >= 11 is 0. The number of hydrogen-bond acceptors (Lipinski definition) is 24. The summed E-state index contributed by atoms with van der Waals surface area (Å²) in [5.74, 6) is -6.91. The van der Waals surface area contributed by atoms with E-state index in [-0.39, 0.29) is 185 Å². The summed E-state index contributed by atoms with van der Waals surface area (Å²) in [5.41, 5.74) is 27.0. The SMILES string of the molecule is CC(O)O.CC(O)O.CC(O)O.CC(O)O.CC(O)O.CC(O)O.CC(O)O.CC(O)O.OC(O)(C1C=CC=C[N-]1)C1CCCC[N-]1.OC(O)(C1CCCC[N-]1)C1CCCC[N-]1.OC(O)(C1CCCC[N-]1)C1CCCC[N-]1.OC(O)(C1CCCC[N-]1)C1CCCC[N-]1.[N-]=[N+]=[N-].[N-]=[N+]=[N-].[Ni+2].[Ni+2].[Ni].[Ni].[Ni].[Ni].[Ni].[Ni].[Ni]. The second kappa shape index (κ2) is 91.0. The normalized spacial score (nSPS) is 21.5. The molecule has 0 saturated carbocycles. The molecule has 674 valence electrons. The summed E-state index contributed by atoms with van der Waals surface area (Å²) in [6.45, 7) is 15.5. The van der Waals surface area contributed by atoms with Gasteiger partial charge in [0.05, 0.1) is 0 Å². The molecule has 38 nitrogen and oxygen atoms in total. The standard InChI is InChI=1S/3C11H20N2O2.C11H16N2O2.8C2H6O2.2N3.9Ni/c4*14-11(15,9-5-1-3-7-12-9)10-6-2-4-8-13-10;8*1-2(3)4;2*1-3-2;;;;;;;;;/h3*9-10,14-15H,1-8H2;1,3,5,7,9-10,14-15H,2,4,6,8H2;8*2-4H,1H3;;;;;;;;;;;/q4*-2;;;;;;;;;2*-1;;;;;;;;2*+2. The summed E-state index contributed by atoms with van der Waals surface area (Å²) in [5, 5.41) is 237. The van der Waals surface area contributed by atoms with Gasteiger partial charge in [0.2, 0.25) is 0 Å². The summed E-state index contributed by atoms with van der Waals surface area (Å²) in [6.07, 6.45) is 17.8. The average Bonchev–Trinajstić information content (AvgIpc) is 0.845. The van der Waals surface area contributed by atoms with Crippen LogP contribution in [-0.2, 0) is 148 Å². The first-order valence-electron chi connectivity index (χ1n) is 32.9. The number of piperidine rings is 7. The number of hydrogen-bond donors (Lipinski definition) is 24. The molecule has 0 aromatic heterocycles. The molecule has 24 N–H and O–H groups in total. The zero-order chi connectivity index (χ0) is 76.9. The van der Waals surface area contributed by atoms with Gasteiger partial charge >= 0.3 is 33.0 Å². The Morgan fingerprint density at radius 1 is 0.271 bits per heavy atom. The molecule has 0 aromatic rings. The fourth-order valence-corrected chi connectivity index (χ4v) is 9.47. The van der Waals surface area contributed by atoms with Crippen molar-refractivity contribution in [3.63, 3.8) is 0 Å². The zero-order valence-corrected chi connectivity index (χ0v) is 70.1. The van der Waals surface area contributed by atoms with E-state index >= 15 is 0 Å². The summed E-state index contributed by atoms with van der Waals surface area (Å²) < 4.78 is 0. The molecule has 0 radical (unpaired) electrons. The Morgan fingerprint density at radius 3 is 0.505 bits per heavy atom. The minimum Gasteiger partial charge on any atom is -0.681 e. The van der Waals surface area contributed by atoms with Gasteiger partial charge in [-0.1, -0.05) is 195 Å². The van der Waals surface area contributed by atoms with E-state index in [4.69, 9.17) is 104 Å². The Labute approximate surface area is 722 Å². The number of nitrogens with zero attached hydrogens (tertiary/aromatic N) is 14.